The lowest BCUT2D eigenvalue weighted by Crippen LogP contribution is -2.09. The molecule has 0 amide bonds. The molecule has 0 aliphatic carbocycles. The van der Waals surface area contributed by atoms with E-state index in [4.69, 9.17) is 9.47 Å². The minimum absolute atomic E-state index is 0.464. The molecular formula is C14H16N2O2. The Morgan fingerprint density at radius 3 is 2.83 bits per heavy atom. The molecular weight excluding hydrogens is 228 g/mol. The van der Waals surface area contributed by atoms with Crippen LogP contribution in [0.5, 0.6) is 11.6 Å². The highest BCUT2D eigenvalue weighted by Gasteiger charge is 2.19. The Balaban J connectivity index is 0.000000574. The predicted octanol–water partition coefficient (Wildman–Crippen LogP) is 3.07. The second-order valence-corrected chi connectivity index (χ2v) is 3.49. The van der Waals surface area contributed by atoms with Crippen LogP contribution in [-0.2, 0) is 6.61 Å². The van der Waals surface area contributed by atoms with E-state index in [0.717, 1.165) is 22.7 Å². The van der Waals surface area contributed by atoms with Crippen LogP contribution in [0.1, 0.15) is 19.5 Å². The summed E-state index contributed by atoms with van der Waals surface area (Å²) in [5.41, 5.74) is 2.73. The van der Waals surface area contributed by atoms with Gasteiger partial charge >= 0.3 is 0 Å². The summed E-state index contributed by atoms with van der Waals surface area (Å²) >= 11 is 0. The van der Waals surface area contributed by atoms with Crippen LogP contribution in [0.25, 0.3) is 11.3 Å². The van der Waals surface area contributed by atoms with Gasteiger partial charge in [-0.25, -0.2) is 4.98 Å². The lowest BCUT2D eigenvalue weighted by molar-refractivity contribution is 0.292. The Morgan fingerprint density at radius 1 is 1.22 bits per heavy atom. The van der Waals surface area contributed by atoms with Gasteiger partial charge in [0.1, 0.15) is 18.1 Å². The smallest absolute Gasteiger partial charge is 0.213 e. The molecule has 0 spiro atoms. The Hall–Kier alpha value is -2.10. The van der Waals surface area contributed by atoms with E-state index in [1.54, 1.807) is 13.3 Å². The summed E-state index contributed by atoms with van der Waals surface area (Å²) in [6.45, 7) is 4.46. The first-order chi connectivity index (χ1) is 8.88. The summed E-state index contributed by atoms with van der Waals surface area (Å²) in [5.74, 6) is 1.41. The van der Waals surface area contributed by atoms with Gasteiger partial charge in [-0.1, -0.05) is 13.8 Å². The number of nitrogens with zero attached hydrogens (tertiary/aromatic N) is 2. The van der Waals surface area contributed by atoms with Crippen molar-refractivity contribution in [2.24, 2.45) is 0 Å². The Labute approximate surface area is 107 Å². The third kappa shape index (κ3) is 2.14. The molecule has 4 nitrogen and oxygen atoms in total. The van der Waals surface area contributed by atoms with E-state index in [0.29, 0.717) is 12.5 Å². The molecule has 0 fully saturated rings. The fourth-order valence-corrected chi connectivity index (χ4v) is 1.78. The molecule has 1 aliphatic heterocycles. The molecule has 0 N–H and O–H groups in total. The fourth-order valence-electron chi connectivity index (χ4n) is 1.78. The highest BCUT2D eigenvalue weighted by Crippen LogP contribution is 2.35. The molecule has 0 radical (unpaired) electrons. The number of hydrogen-bond donors (Lipinski definition) is 0. The Kier molecular flexibility index (Phi) is 3.77. The van der Waals surface area contributed by atoms with Crippen LogP contribution in [0, 0.1) is 0 Å². The van der Waals surface area contributed by atoms with E-state index in [-0.39, 0.29) is 0 Å². The molecule has 0 bridgehead atoms. The molecule has 0 aromatic carbocycles. The molecule has 3 heterocycles. The van der Waals surface area contributed by atoms with E-state index in [9.17, 15) is 0 Å². The van der Waals surface area contributed by atoms with Crippen LogP contribution in [-0.4, -0.2) is 17.1 Å². The zero-order valence-corrected chi connectivity index (χ0v) is 10.8. The molecule has 2 aromatic heterocycles. The highest BCUT2D eigenvalue weighted by molar-refractivity contribution is 5.70. The molecule has 94 valence electrons. The van der Waals surface area contributed by atoms with Crippen LogP contribution < -0.4 is 9.47 Å². The van der Waals surface area contributed by atoms with E-state index in [1.807, 2.05) is 38.1 Å². The molecule has 1 aliphatic rings. The number of methoxy groups -OCH3 is 1. The molecule has 2 aromatic rings. The van der Waals surface area contributed by atoms with Crippen molar-refractivity contribution in [3.63, 3.8) is 0 Å². The third-order valence-electron chi connectivity index (χ3n) is 2.55. The lowest BCUT2D eigenvalue weighted by atomic mass is 10.1. The first kappa shape index (κ1) is 12.4. The number of pyridine rings is 2. The van der Waals surface area contributed by atoms with E-state index >= 15 is 0 Å². The molecule has 0 atom stereocenters. The zero-order valence-electron chi connectivity index (χ0n) is 10.8. The van der Waals surface area contributed by atoms with Gasteiger partial charge in [-0.2, -0.15) is 0 Å². The summed E-state index contributed by atoms with van der Waals surface area (Å²) < 4.78 is 10.7. The normalized spacial score (nSPS) is 11.3. The summed E-state index contributed by atoms with van der Waals surface area (Å²) in [4.78, 5) is 8.65. The fraction of sp³-hybridized carbons (Fsp3) is 0.286. The van der Waals surface area contributed by atoms with Crippen molar-refractivity contribution in [3.05, 3.63) is 36.2 Å². The number of ether oxygens (including phenoxy) is 2. The van der Waals surface area contributed by atoms with Crippen LogP contribution in [0.4, 0.5) is 0 Å². The van der Waals surface area contributed by atoms with Crippen LogP contribution in [0.15, 0.2) is 30.5 Å². The maximum atomic E-state index is 5.57. The van der Waals surface area contributed by atoms with Crippen LogP contribution in [0.3, 0.4) is 0 Å². The molecule has 18 heavy (non-hydrogen) atoms. The largest absolute Gasteiger partial charge is 0.485 e. The van der Waals surface area contributed by atoms with Crippen molar-refractivity contribution < 1.29 is 9.47 Å². The van der Waals surface area contributed by atoms with Gasteiger partial charge in [0.25, 0.3) is 0 Å². The summed E-state index contributed by atoms with van der Waals surface area (Å²) in [7, 11) is 1.60. The second kappa shape index (κ2) is 5.49. The van der Waals surface area contributed by atoms with Gasteiger partial charge < -0.3 is 9.47 Å². The van der Waals surface area contributed by atoms with Gasteiger partial charge in [0.05, 0.1) is 12.8 Å². The quantitative estimate of drug-likeness (QED) is 0.773. The van der Waals surface area contributed by atoms with Crippen LogP contribution in [0.2, 0.25) is 0 Å². The monoisotopic (exact) mass is 244 g/mol. The molecule has 3 rings (SSSR count). The van der Waals surface area contributed by atoms with Crippen molar-refractivity contribution in [2.45, 2.75) is 20.5 Å². The Bertz CT molecular complexity index is 541. The zero-order chi connectivity index (χ0) is 13.0. The van der Waals surface area contributed by atoms with Gasteiger partial charge in [-0.3, -0.25) is 4.98 Å². The van der Waals surface area contributed by atoms with Crippen molar-refractivity contribution in [3.8, 4) is 22.9 Å². The number of hydrogen-bond acceptors (Lipinski definition) is 4. The molecule has 4 heteroatoms. The average molecular weight is 244 g/mol. The first-order valence-corrected chi connectivity index (χ1v) is 6.00. The number of rotatable bonds is 1. The summed E-state index contributed by atoms with van der Waals surface area (Å²) in [5, 5.41) is 0. The van der Waals surface area contributed by atoms with Crippen molar-refractivity contribution in [1.82, 2.24) is 9.97 Å². The maximum absolute atomic E-state index is 5.57. The van der Waals surface area contributed by atoms with E-state index in [1.165, 1.54) is 0 Å². The second-order valence-electron chi connectivity index (χ2n) is 3.49. The highest BCUT2D eigenvalue weighted by atomic mass is 16.5. The lowest BCUT2D eigenvalue weighted by Gasteiger charge is -2.18. The predicted molar refractivity (Wildman–Crippen MR) is 69.7 cm³/mol. The van der Waals surface area contributed by atoms with Crippen molar-refractivity contribution in [1.29, 1.82) is 0 Å². The minimum atomic E-state index is 0.464. The summed E-state index contributed by atoms with van der Waals surface area (Å²) in [6.07, 6.45) is 1.75. The first-order valence-electron chi connectivity index (χ1n) is 6.00. The van der Waals surface area contributed by atoms with Crippen LogP contribution >= 0.6 is 0 Å². The topological polar surface area (TPSA) is 44.2 Å². The van der Waals surface area contributed by atoms with Crippen molar-refractivity contribution in [2.75, 3.05) is 7.11 Å². The Morgan fingerprint density at radius 2 is 2.06 bits per heavy atom. The van der Waals surface area contributed by atoms with Crippen molar-refractivity contribution >= 4 is 0 Å². The van der Waals surface area contributed by atoms with Gasteiger partial charge in [-0.05, 0) is 18.2 Å². The number of aromatic nitrogens is 2. The third-order valence-corrected chi connectivity index (χ3v) is 2.55. The molecule has 0 saturated carbocycles. The SMILES string of the molecule is CC.COc1ccc2c(n1)COc1cccnc1-2. The minimum Gasteiger partial charge on any atom is -0.485 e. The average Bonchev–Trinajstić information content (AvgIpc) is 2.48. The van der Waals surface area contributed by atoms with Gasteiger partial charge in [-0.15, -0.1) is 0 Å². The van der Waals surface area contributed by atoms with Gasteiger partial charge in [0.2, 0.25) is 5.88 Å². The van der Waals surface area contributed by atoms with E-state index in [2.05, 4.69) is 9.97 Å². The van der Waals surface area contributed by atoms with Gasteiger partial charge in [0.15, 0.2) is 0 Å². The maximum Gasteiger partial charge on any atom is 0.213 e. The van der Waals surface area contributed by atoms with Gasteiger partial charge in [0, 0.05) is 17.8 Å². The molecule has 0 unspecified atom stereocenters. The number of fused-ring (bicyclic) bond motifs is 3. The van der Waals surface area contributed by atoms with E-state index < -0.39 is 0 Å². The molecule has 0 saturated heterocycles. The standard InChI is InChI=1S/C12H10N2O2.C2H6/c1-15-11-5-4-8-9(14-11)7-16-10-3-2-6-13-12(8)10;1-2/h2-6H,7H2,1H3;1-2H3. The summed E-state index contributed by atoms with van der Waals surface area (Å²) in [6, 6.07) is 7.58.